The summed E-state index contributed by atoms with van der Waals surface area (Å²) < 4.78 is 11.1. The fraction of sp³-hybridized carbons (Fsp3) is 0.278. The lowest BCUT2D eigenvalue weighted by Crippen LogP contribution is -2.09. The Morgan fingerprint density at radius 2 is 1.91 bits per heavy atom. The summed E-state index contributed by atoms with van der Waals surface area (Å²) in [7, 11) is 0. The van der Waals surface area contributed by atoms with Gasteiger partial charge in [-0.1, -0.05) is 30.7 Å². The molecule has 116 valence electrons. The number of aryl methyl sites for hydroxylation is 2. The molecule has 22 heavy (non-hydrogen) atoms. The minimum atomic E-state index is -0.297. The fourth-order valence-electron chi connectivity index (χ4n) is 1.93. The number of carbonyl (C=O) groups excluding carboxylic acids is 1. The molecule has 0 aliphatic heterocycles. The van der Waals surface area contributed by atoms with E-state index < -0.39 is 0 Å². The molecule has 0 radical (unpaired) electrons. The van der Waals surface area contributed by atoms with Gasteiger partial charge in [-0.05, 0) is 49.2 Å². The van der Waals surface area contributed by atoms with Gasteiger partial charge in [0.2, 0.25) is 0 Å². The molecule has 0 aliphatic rings. The average molecular weight is 319 g/mol. The highest BCUT2D eigenvalue weighted by Crippen LogP contribution is 2.28. The minimum Gasteiger partial charge on any atom is -0.489 e. The van der Waals surface area contributed by atoms with Crippen LogP contribution in [0.3, 0.4) is 0 Å². The highest BCUT2D eigenvalue weighted by atomic mass is 35.5. The molecule has 0 fully saturated rings. The maximum absolute atomic E-state index is 11.5. The van der Waals surface area contributed by atoms with Crippen molar-refractivity contribution >= 4 is 17.6 Å². The van der Waals surface area contributed by atoms with E-state index in [1.165, 1.54) is 5.56 Å². The van der Waals surface area contributed by atoms with Gasteiger partial charge in [-0.15, -0.1) is 0 Å². The predicted molar refractivity (Wildman–Crippen MR) is 87.6 cm³/mol. The first-order valence-corrected chi connectivity index (χ1v) is 7.57. The second-order valence-electron chi connectivity index (χ2n) is 5.08. The Morgan fingerprint density at radius 1 is 1.14 bits per heavy atom. The van der Waals surface area contributed by atoms with Crippen LogP contribution in [-0.4, -0.2) is 5.97 Å². The van der Waals surface area contributed by atoms with Crippen LogP contribution < -0.4 is 9.47 Å². The zero-order chi connectivity index (χ0) is 16.1. The quantitative estimate of drug-likeness (QED) is 0.584. The number of hydrogen-bond donors (Lipinski definition) is 0. The molecule has 0 aliphatic carbocycles. The van der Waals surface area contributed by atoms with Crippen LogP contribution in [0, 0.1) is 13.8 Å². The molecule has 0 N–H and O–H groups in total. The highest BCUT2D eigenvalue weighted by molar-refractivity contribution is 6.31. The van der Waals surface area contributed by atoms with Crippen molar-refractivity contribution in [1.82, 2.24) is 0 Å². The van der Waals surface area contributed by atoms with Gasteiger partial charge in [-0.25, -0.2) is 0 Å². The molecular weight excluding hydrogens is 300 g/mol. The van der Waals surface area contributed by atoms with E-state index in [0.29, 0.717) is 22.8 Å². The van der Waals surface area contributed by atoms with Crippen LogP contribution >= 0.6 is 11.6 Å². The van der Waals surface area contributed by atoms with Crippen molar-refractivity contribution in [3.8, 4) is 11.5 Å². The van der Waals surface area contributed by atoms with Gasteiger partial charge in [0.1, 0.15) is 18.1 Å². The van der Waals surface area contributed by atoms with Crippen LogP contribution in [0.5, 0.6) is 11.5 Å². The van der Waals surface area contributed by atoms with Crippen molar-refractivity contribution in [2.75, 3.05) is 0 Å². The summed E-state index contributed by atoms with van der Waals surface area (Å²) in [5.41, 5.74) is 3.04. The molecule has 0 amide bonds. The molecular formula is C18H19ClO3. The summed E-state index contributed by atoms with van der Waals surface area (Å²) in [6.07, 6.45) is 0.309. The van der Waals surface area contributed by atoms with Gasteiger partial charge in [0.15, 0.2) is 0 Å². The molecule has 0 heterocycles. The Kier molecular flexibility index (Phi) is 5.45. The zero-order valence-corrected chi connectivity index (χ0v) is 13.7. The first-order valence-electron chi connectivity index (χ1n) is 7.19. The molecule has 0 aromatic heterocycles. The predicted octanol–water partition coefficient (Wildman–Crippen LogP) is 4.85. The van der Waals surface area contributed by atoms with E-state index in [9.17, 15) is 4.79 Å². The molecule has 2 aromatic rings. The largest absolute Gasteiger partial charge is 0.489 e. The molecule has 0 spiro atoms. The van der Waals surface area contributed by atoms with E-state index in [4.69, 9.17) is 21.1 Å². The zero-order valence-electron chi connectivity index (χ0n) is 13.0. The van der Waals surface area contributed by atoms with E-state index in [0.717, 1.165) is 11.3 Å². The second kappa shape index (κ2) is 7.32. The van der Waals surface area contributed by atoms with Gasteiger partial charge in [0.25, 0.3) is 0 Å². The minimum absolute atomic E-state index is 0.245. The van der Waals surface area contributed by atoms with Crippen molar-refractivity contribution < 1.29 is 14.3 Å². The summed E-state index contributed by atoms with van der Waals surface area (Å²) in [6.45, 7) is 6.08. The number of ether oxygens (including phenoxy) is 2. The Morgan fingerprint density at radius 3 is 2.59 bits per heavy atom. The third-order valence-electron chi connectivity index (χ3n) is 3.45. The number of hydrogen-bond acceptors (Lipinski definition) is 3. The maximum Gasteiger partial charge on any atom is 0.310 e. The maximum atomic E-state index is 11.5. The average Bonchev–Trinajstić information content (AvgIpc) is 2.50. The third-order valence-corrected chi connectivity index (χ3v) is 3.80. The van der Waals surface area contributed by atoms with Gasteiger partial charge in [0, 0.05) is 6.42 Å². The monoisotopic (exact) mass is 318 g/mol. The number of benzene rings is 2. The standard InChI is InChI=1S/C18H19ClO3/c1-4-18(20)22-17-7-5-6-16(19)15(17)11-21-14-9-8-12(2)13(3)10-14/h5-10H,4,11H2,1-3H3. The summed E-state index contributed by atoms with van der Waals surface area (Å²) in [4.78, 5) is 11.5. The number of rotatable bonds is 5. The first kappa shape index (κ1) is 16.4. The third kappa shape index (κ3) is 4.01. The number of halogens is 1. The molecule has 4 heteroatoms. The molecule has 2 aromatic carbocycles. The van der Waals surface area contributed by atoms with Gasteiger partial charge in [-0.3, -0.25) is 4.79 Å². The Bertz CT molecular complexity index is 680. The molecule has 0 saturated carbocycles. The van der Waals surface area contributed by atoms with E-state index in [1.807, 2.05) is 25.1 Å². The van der Waals surface area contributed by atoms with E-state index >= 15 is 0 Å². The number of carbonyl (C=O) groups is 1. The summed E-state index contributed by atoms with van der Waals surface area (Å²) >= 11 is 6.21. The normalized spacial score (nSPS) is 10.4. The van der Waals surface area contributed by atoms with Crippen LogP contribution in [0.25, 0.3) is 0 Å². The summed E-state index contributed by atoms with van der Waals surface area (Å²) in [5, 5.41) is 0.519. The number of esters is 1. The Hall–Kier alpha value is -2.00. The lowest BCUT2D eigenvalue weighted by molar-refractivity contribution is -0.134. The van der Waals surface area contributed by atoms with Crippen molar-refractivity contribution in [1.29, 1.82) is 0 Å². The lowest BCUT2D eigenvalue weighted by Gasteiger charge is -2.13. The molecule has 0 saturated heterocycles. The van der Waals surface area contributed by atoms with E-state index in [-0.39, 0.29) is 12.6 Å². The van der Waals surface area contributed by atoms with Crippen LogP contribution in [0.2, 0.25) is 5.02 Å². The molecule has 3 nitrogen and oxygen atoms in total. The van der Waals surface area contributed by atoms with Crippen LogP contribution in [-0.2, 0) is 11.4 Å². The van der Waals surface area contributed by atoms with Crippen molar-refractivity contribution in [3.05, 3.63) is 58.1 Å². The van der Waals surface area contributed by atoms with Crippen LogP contribution in [0.4, 0.5) is 0 Å². The second-order valence-corrected chi connectivity index (χ2v) is 5.49. The topological polar surface area (TPSA) is 35.5 Å². The van der Waals surface area contributed by atoms with E-state index in [2.05, 4.69) is 6.92 Å². The fourth-order valence-corrected chi connectivity index (χ4v) is 2.15. The SMILES string of the molecule is CCC(=O)Oc1cccc(Cl)c1COc1ccc(C)c(C)c1. The smallest absolute Gasteiger partial charge is 0.310 e. The van der Waals surface area contributed by atoms with Gasteiger partial charge in [-0.2, -0.15) is 0 Å². The summed E-state index contributed by atoms with van der Waals surface area (Å²) in [5.74, 6) is 0.911. The lowest BCUT2D eigenvalue weighted by atomic mass is 10.1. The van der Waals surface area contributed by atoms with Crippen LogP contribution in [0.15, 0.2) is 36.4 Å². The van der Waals surface area contributed by atoms with Gasteiger partial charge in [0.05, 0.1) is 10.6 Å². The highest BCUT2D eigenvalue weighted by Gasteiger charge is 2.12. The molecule has 0 unspecified atom stereocenters. The van der Waals surface area contributed by atoms with Crippen molar-refractivity contribution in [3.63, 3.8) is 0 Å². The molecule has 2 rings (SSSR count). The van der Waals surface area contributed by atoms with Gasteiger partial charge >= 0.3 is 5.97 Å². The molecule has 0 bridgehead atoms. The van der Waals surface area contributed by atoms with Crippen molar-refractivity contribution in [2.24, 2.45) is 0 Å². The Balaban J connectivity index is 2.17. The Labute approximate surface area is 135 Å². The summed E-state index contributed by atoms with van der Waals surface area (Å²) in [6, 6.07) is 11.1. The van der Waals surface area contributed by atoms with E-state index in [1.54, 1.807) is 25.1 Å². The first-order chi connectivity index (χ1) is 10.5. The molecule has 0 atom stereocenters. The van der Waals surface area contributed by atoms with Gasteiger partial charge < -0.3 is 9.47 Å². The van der Waals surface area contributed by atoms with Crippen molar-refractivity contribution in [2.45, 2.75) is 33.8 Å². The van der Waals surface area contributed by atoms with Crippen LogP contribution in [0.1, 0.15) is 30.0 Å².